The third-order valence-corrected chi connectivity index (χ3v) is 4.01. The van der Waals surface area contributed by atoms with Gasteiger partial charge in [-0.25, -0.2) is 4.98 Å². The molecule has 1 aliphatic heterocycles. The Morgan fingerprint density at radius 3 is 3.05 bits per heavy atom. The molecular weight excluding hydrogens is 236 g/mol. The van der Waals surface area contributed by atoms with Crippen molar-refractivity contribution >= 4 is 16.7 Å². The molecule has 0 aliphatic carbocycles. The summed E-state index contributed by atoms with van der Waals surface area (Å²) in [6, 6.07) is 10.5. The van der Waals surface area contributed by atoms with Gasteiger partial charge in [-0.15, -0.1) is 0 Å². The molecule has 1 aliphatic rings. The summed E-state index contributed by atoms with van der Waals surface area (Å²) in [4.78, 5) is 7.18. The van der Waals surface area contributed by atoms with E-state index in [1.54, 1.807) is 0 Å². The molecule has 0 spiro atoms. The second-order valence-corrected chi connectivity index (χ2v) is 5.43. The van der Waals surface area contributed by atoms with Crippen molar-refractivity contribution in [1.29, 1.82) is 0 Å². The molecule has 0 bridgehead atoms. The van der Waals surface area contributed by atoms with Crippen LogP contribution in [0.4, 0.5) is 5.82 Å². The Kier molecular flexibility index (Phi) is 3.38. The first-order chi connectivity index (χ1) is 9.28. The largest absolute Gasteiger partial charge is 0.396 e. The molecule has 100 valence electrons. The Balaban J connectivity index is 1.90. The minimum absolute atomic E-state index is 0.294. The van der Waals surface area contributed by atoms with E-state index in [1.165, 1.54) is 10.9 Å². The number of hydrogen-bond acceptors (Lipinski definition) is 3. The number of pyridine rings is 1. The summed E-state index contributed by atoms with van der Waals surface area (Å²) in [7, 11) is 0. The molecule has 3 rings (SSSR count). The van der Waals surface area contributed by atoms with E-state index >= 15 is 0 Å². The highest BCUT2D eigenvalue weighted by Gasteiger charge is 2.24. The number of hydrogen-bond donors (Lipinski definition) is 1. The number of para-hydroxylation sites is 1. The summed E-state index contributed by atoms with van der Waals surface area (Å²) < 4.78 is 0. The van der Waals surface area contributed by atoms with Gasteiger partial charge in [0.1, 0.15) is 5.82 Å². The van der Waals surface area contributed by atoms with E-state index in [0.717, 1.165) is 37.3 Å². The molecule has 1 unspecified atom stereocenters. The van der Waals surface area contributed by atoms with Crippen LogP contribution in [-0.4, -0.2) is 29.8 Å². The number of rotatable bonds is 3. The summed E-state index contributed by atoms with van der Waals surface area (Å²) in [5, 5.41) is 10.2. The summed E-state index contributed by atoms with van der Waals surface area (Å²) >= 11 is 0. The zero-order valence-electron chi connectivity index (χ0n) is 11.3. The van der Waals surface area contributed by atoms with Crippen LogP contribution in [0.15, 0.2) is 30.3 Å². The highest BCUT2D eigenvalue weighted by Crippen LogP contribution is 2.28. The van der Waals surface area contributed by atoms with Crippen molar-refractivity contribution in [2.75, 3.05) is 24.6 Å². The normalized spacial score (nSPS) is 19.3. The highest BCUT2D eigenvalue weighted by molar-refractivity contribution is 5.81. The smallest absolute Gasteiger partial charge is 0.132 e. The zero-order valence-corrected chi connectivity index (χ0v) is 11.3. The van der Waals surface area contributed by atoms with Gasteiger partial charge in [0.15, 0.2) is 0 Å². The van der Waals surface area contributed by atoms with E-state index in [4.69, 9.17) is 10.1 Å². The Bertz CT molecular complexity index is 582. The van der Waals surface area contributed by atoms with Crippen LogP contribution in [-0.2, 0) is 0 Å². The number of anilines is 1. The number of aliphatic hydroxyl groups is 1. The summed E-state index contributed by atoms with van der Waals surface area (Å²) in [5.41, 5.74) is 2.30. The van der Waals surface area contributed by atoms with Crippen LogP contribution in [0.2, 0.25) is 0 Å². The fraction of sp³-hybridized carbons (Fsp3) is 0.438. The number of benzene rings is 1. The van der Waals surface area contributed by atoms with Gasteiger partial charge in [-0.2, -0.15) is 0 Å². The topological polar surface area (TPSA) is 36.4 Å². The van der Waals surface area contributed by atoms with Crippen LogP contribution in [0.1, 0.15) is 18.4 Å². The molecule has 1 aromatic heterocycles. The molecule has 3 heteroatoms. The van der Waals surface area contributed by atoms with Gasteiger partial charge < -0.3 is 10.0 Å². The van der Waals surface area contributed by atoms with E-state index in [9.17, 15) is 0 Å². The minimum atomic E-state index is 0.294. The van der Waals surface area contributed by atoms with E-state index in [-0.39, 0.29) is 0 Å². The molecule has 1 saturated heterocycles. The molecule has 3 nitrogen and oxygen atoms in total. The maximum absolute atomic E-state index is 9.05. The second kappa shape index (κ2) is 5.17. The lowest BCUT2D eigenvalue weighted by Crippen LogP contribution is -2.22. The molecule has 0 radical (unpaired) electrons. The lowest BCUT2D eigenvalue weighted by atomic mass is 10.1. The van der Waals surface area contributed by atoms with Crippen LogP contribution in [0.5, 0.6) is 0 Å². The molecule has 2 heterocycles. The lowest BCUT2D eigenvalue weighted by Gasteiger charge is -2.20. The Morgan fingerprint density at radius 2 is 2.21 bits per heavy atom. The average molecular weight is 256 g/mol. The van der Waals surface area contributed by atoms with Gasteiger partial charge in [0.25, 0.3) is 0 Å². The SMILES string of the molecule is Cc1cc2ccccc2nc1N1CCC(CCO)C1. The molecule has 0 amide bonds. The van der Waals surface area contributed by atoms with Crippen molar-refractivity contribution in [3.63, 3.8) is 0 Å². The van der Waals surface area contributed by atoms with Crippen molar-refractivity contribution in [3.05, 3.63) is 35.9 Å². The Hall–Kier alpha value is -1.61. The fourth-order valence-corrected chi connectivity index (χ4v) is 2.97. The molecule has 2 aromatic rings. The third-order valence-electron chi connectivity index (χ3n) is 4.01. The Labute approximate surface area is 113 Å². The van der Waals surface area contributed by atoms with E-state index in [2.05, 4.69) is 36.1 Å². The van der Waals surface area contributed by atoms with Gasteiger partial charge in [-0.3, -0.25) is 0 Å². The maximum Gasteiger partial charge on any atom is 0.132 e. The predicted octanol–water partition coefficient (Wildman–Crippen LogP) is 2.75. The van der Waals surface area contributed by atoms with Crippen molar-refractivity contribution in [2.24, 2.45) is 5.92 Å². The minimum Gasteiger partial charge on any atom is -0.396 e. The Morgan fingerprint density at radius 1 is 1.37 bits per heavy atom. The van der Waals surface area contributed by atoms with Crippen LogP contribution in [0.25, 0.3) is 10.9 Å². The lowest BCUT2D eigenvalue weighted by molar-refractivity contribution is 0.263. The number of fused-ring (bicyclic) bond motifs is 1. The standard InChI is InChI=1S/C16H20N2O/c1-12-10-14-4-2-3-5-15(14)17-16(12)18-8-6-13(11-18)7-9-19/h2-5,10,13,19H,6-9,11H2,1H3. The molecule has 1 atom stereocenters. The number of aromatic nitrogens is 1. The summed E-state index contributed by atoms with van der Waals surface area (Å²) in [6.07, 6.45) is 2.07. The van der Waals surface area contributed by atoms with Crippen LogP contribution in [0.3, 0.4) is 0 Å². The highest BCUT2D eigenvalue weighted by atomic mass is 16.3. The second-order valence-electron chi connectivity index (χ2n) is 5.43. The molecule has 1 N–H and O–H groups in total. The first-order valence-electron chi connectivity index (χ1n) is 7.00. The quantitative estimate of drug-likeness (QED) is 0.917. The van der Waals surface area contributed by atoms with Crippen LogP contribution < -0.4 is 4.90 Å². The molecular formula is C16H20N2O. The molecule has 0 saturated carbocycles. The number of nitrogens with zero attached hydrogens (tertiary/aromatic N) is 2. The molecule has 19 heavy (non-hydrogen) atoms. The molecule has 1 fully saturated rings. The average Bonchev–Trinajstić information content (AvgIpc) is 2.87. The summed E-state index contributed by atoms with van der Waals surface area (Å²) in [5.74, 6) is 1.72. The zero-order chi connectivity index (χ0) is 13.2. The van der Waals surface area contributed by atoms with E-state index in [0.29, 0.717) is 12.5 Å². The first kappa shape index (κ1) is 12.4. The van der Waals surface area contributed by atoms with Crippen LogP contribution >= 0.6 is 0 Å². The maximum atomic E-state index is 9.05. The summed E-state index contributed by atoms with van der Waals surface area (Å²) in [6.45, 7) is 4.50. The predicted molar refractivity (Wildman–Crippen MR) is 78.5 cm³/mol. The van der Waals surface area contributed by atoms with Crippen molar-refractivity contribution in [2.45, 2.75) is 19.8 Å². The van der Waals surface area contributed by atoms with Gasteiger partial charge in [0, 0.05) is 25.1 Å². The van der Waals surface area contributed by atoms with E-state index in [1.807, 2.05) is 6.07 Å². The van der Waals surface area contributed by atoms with Crippen LogP contribution in [0, 0.1) is 12.8 Å². The fourth-order valence-electron chi connectivity index (χ4n) is 2.97. The van der Waals surface area contributed by atoms with Gasteiger partial charge in [-0.1, -0.05) is 18.2 Å². The van der Waals surface area contributed by atoms with Gasteiger partial charge >= 0.3 is 0 Å². The van der Waals surface area contributed by atoms with Crippen molar-refractivity contribution in [1.82, 2.24) is 4.98 Å². The van der Waals surface area contributed by atoms with Crippen molar-refractivity contribution in [3.8, 4) is 0 Å². The number of aryl methyl sites for hydroxylation is 1. The van der Waals surface area contributed by atoms with Gasteiger partial charge in [0.2, 0.25) is 0 Å². The third kappa shape index (κ3) is 2.43. The van der Waals surface area contributed by atoms with Gasteiger partial charge in [0.05, 0.1) is 5.52 Å². The molecule has 1 aromatic carbocycles. The van der Waals surface area contributed by atoms with Gasteiger partial charge in [-0.05, 0) is 43.4 Å². The van der Waals surface area contributed by atoms with E-state index < -0.39 is 0 Å². The van der Waals surface area contributed by atoms with Crippen molar-refractivity contribution < 1.29 is 5.11 Å². The first-order valence-corrected chi connectivity index (χ1v) is 7.00. The monoisotopic (exact) mass is 256 g/mol. The number of aliphatic hydroxyl groups excluding tert-OH is 1.